The Labute approximate surface area is 151 Å². The second-order valence-corrected chi connectivity index (χ2v) is 6.53. The topological polar surface area (TPSA) is 72.6 Å². The summed E-state index contributed by atoms with van der Waals surface area (Å²) in [5.41, 5.74) is 9.18. The highest BCUT2D eigenvalue weighted by molar-refractivity contribution is 6.31. The summed E-state index contributed by atoms with van der Waals surface area (Å²) in [5.74, 6) is -0.142. The van der Waals surface area contributed by atoms with E-state index in [0.29, 0.717) is 30.3 Å². The van der Waals surface area contributed by atoms with Gasteiger partial charge in [0, 0.05) is 25.0 Å². The summed E-state index contributed by atoms with van der Waals surface area (Å²) in [6.45, 7) is 2.49. The van der Waals surface area contributed by atoms with Gasteiger partial charge in [-0.15, -0.1) is 0 Å². The first-order valence-corrected chi connectivity index (χ1v) is 8.40. The molecule has 1 atom stereocenters. The number of halogens is 1. The Hall–Kier alpha value is -2.37. The van der Waals surface area contributed by atoms with E-state index in [2.05, 4.69) is 0 Å². The Balaban J connectivity index is 1.65. The summed E-state index contributed by atoms with van der Waals surface area (Å²) in [6.07, 6.45) is 0.324. The van der Waals surface area contributed by atoms with Crippen molar-refractivity contribution < 1.29 is 14.3 Å². The first-order chi connectivity index (χ1) is 11.9. The van der Waals surface area contributed by atoms with Crippen molar-refractivity contribution in [2.75, 3.05) is 0 Å². The predicted molar refractivity (Wildman–Crippen MR) is 95.1 cm³/mol. The van der Waals surface area contributed by atoms with E-state index in [1.807, 2.05) is 24.3 Å². The van der Waals surface area contributed by atoms with Crippen LogP contribution in [0.2, 0.25) is 5.02 Å². The number of nitrogens with two attached hydrogens (primary N) is 1. The normalized spacial score (nSPS) is 14.1. The van der Waals surface area contributed by atoms with Crippen LogP contribution in [0, 0.1) is 0 Å². The number of benzene rings is 2. The highest BCUT2D eigenvalue weighted by atomic mass is 35.5. The van der Waals surface area contributed by atoms with Crippen molar-refractivity contribution in [3.05, 3.63) is 64.2 Å². The van der Waals surface area contributed by atoms with Crippen molar-refractivity contribution in [2.45, 2.75) is 32.5 Å². The molecule has 5 nitrogen and oxygen atoms in total. The maximum absolute atomic E-state index is 12.6. The molecule has 0 spiro atoms. The lowest BCUT2D eigenvalue weighted by molar-refractivity contribution is -0.133. The van der Waals surface area contributed by atoms with Crippen molar-refractivity contribution in [2.24, 2.45) is 5.73 Å². The second kappa shape index (κ2) is 7.25. The molecular weight excluding hydrogens is 340 g/mol. The van der Waals surface area contributed by atoms with Gasteiger partial charge < -0.3 is 15.4 Å². The summed E-state index contributed by atoms with van der Waals surface area (Å²) in [5, 5.41) is 0.423. The Morgan fingerprint density at radius 1 is 1.20 bits per heavy atom. The lowest BCUT2D eigenvalue weighted by Gasteiger charge is -2.20. The molecule has 1 unspecified atom stereocenters. The molecule has 1 aliphatic heterocycles. The monoisotopic (exact) mass is 358 g/mol. The van der Waals surface area contributed by atoms with E-state index >= 15 is 0 Å². The highest BCUT2D eigenvalue weighted by Crippen LogP contribution is 2.26. The van der Waals surface area contributed by atoms with Gasteiger partial charge in [-0.1, -0.05) is 41.9 Å². The van der Waals surface area contributed by atoms with E-state index in [4.69, 9.17) is 22.1 Å². The number of rotatable bonds is 4. The minimum Gasteiger partial charge on any atom is -0.427 e. The average Bonchev–Trinajstić information content (AvgIpc) is 3.00. The number of esters is 1. The van der Waals surface area contributed by atoms with E-state index in [9.17, 15) is 9.59 Å². The van der Waals surface area contributed by atoms with Crippen molar-refractivity contribution in [3.8, 4) is 5.75 Å². The zero-order valence-corrected chi connectivity index (χ0v) is 14.6. The van der Waals surface area contributed by atoms with Gasteiger partial charge in [0.2, 0.25) is 5.91 Å². The lowest BCUT2D eigenvalue weighted by atomic mass is 10.1. The summed E-state index contributed by atoms with van der Waals surface area (Å²) in [4.78, 5) is 25.4. The molecule has 0 bridgehead atoms. The van der Waals surface area contributed by atoms with E-state index in [-0.39, 0.29) is 5.91 Å². The molecule has 1 aliphatic rings. The quantitative estimate of drug-likeness (QED) is 0.673. The number of ether oxygens (including phenoxy) is 1. The van der Waals surface area contributed by atoms with Gasteiger partial charge in [-0.3, -0.25) is 9.59 Å². The summed E-state index contributed by atoms with van der Waals surface area (Å²) in [7, 11) is 0. The molecule has 25 heavy (non-hydrogen) atoms. The number of hydrogen-bond acceptors (Lipinski definition) is 4. The molecule has 0 saturated carbocycles. The predicted octanol–water partition coefficient (Wildman–Crippen LogP) is 2.68. The van der Waals surface area contributed by atoms with Crippen molar-refractivity contribution in [1.29, 1.82) is 0 Å². The minimum absolute atomic E-state index is 0.101. The van der Waals surface area contributed by atoms with Crippen LogP contribution < -0.4 is 10.5 Å². The number of fused-ring (bicyclic) bond motifs is 1. The Morgan fingerprint density at radius 3 is 2.40 bits per heavy atom. The molecule has 0 fully saturated rings. The smallest absolute Gasteiger partial charge is 0.308 e. The minimum atomic E-state index is -0.675. The van der Waals surface area contributed by atoms with Gasteiger partial charge in [-0.05, 0) is 35.2 Å². The van der Waals surface area contributed by atoms with Crippen LogP contribution in [0.3, 0.4) is 0 Å². The molecule has 0 radical (unpaired) electrons. The van der Waals surface area contributed by atoms with Crippen molar-refractivity contribution in [1.82, 2.24) is 4.90 Å². The molecule has 3 rings (SSSR count). The molecule has 1 amide bonds. The summed E-state index contributed by atoms with van der Waals surface area (Å²) in [6, 6.07) is 12.2. The molecule has 2 N–H and O–H groups in total. The Kier molecular flexibility index (Phi) is 5.06. The number of carbonyl (C=O) groups is 2. The third kappa shape index (κ3) is 4.00. The van der Waals surface area contributed by atoms with Crippen LogP contribution in [0.15, 0.2) is 42.5 Å². The molecule has 2 aromatic rings. The first kappa shape index (κ1) is 17.5. The van der Waals surface area contributed by atoms with Crippen LogP contribution in [-0.4, -0.2) is 22.8 Å². The number of carbonyl (C=O) groups excluding carboxylic acids is 2. The molecule has 1 heterocycles. The van der Waals surface area contributed by atoms with Gasteiger partial charge in [-0.2, -0.15) is 0 Å². The molecule has 0 saturated heterocycles. The van der Waals surface area contributed by atoms with E-state index in [1.165, 1.54) is 6.92 Å². The van der Waals surface area contributed by atoms with Gasteiger partial charge in [0.05, 0.1) is 6.04 Å². The Bertz CT molecular complexity index is 797. The van der Waals surface area contributed by atoms with Crippen LogP contribution in [0.25, 0.3) is 0 Å². The van der Waals surface area contributed by atoms with Crippen LogP contribution in [-0.2, 0) is 29.1 Å². The molecule has 2 aromatic carbocycles. The number of amides is 1. The van der Waals surface area contributed by atoms with Gasteiger partial charge >= 0.3 is 5.97 Å². The molecular formula is C19H19ClN2O3. The van der Waals surface area contributed by atoms with Crippen molar-refractivity contribution in [3.63, 3.8) is 0 Å². The van der Waals surface area contributed by atoms with Gasteiger partial charge in [0.25, 0.3) is 0 Å². The van der Waals surface area contributed by atoms with Crippen LogP contribution in [0.5, 0.6) is 5.75 Å². The van der Waals surface area contributed by atoms with E-state index < -0.39 is 12.0 Å². The third-order valence-electron chi connectivity index (χ3n) is 4.20. The van der Waals surface area contributed by atoms with Crippen LogP contribution in [0.1, 0.15) is 23.6 Å². The highest BCUT2D eigenvalue weighted by Gasteiger charge is 2.27. The standard InChI is InChI=1S/C19H19ClN2O3/c1-12(23)25-16-7-6-13(17(20)9-16)8-18(21)19(24)22-10-14-4-2-3-5-15(14)11-22/h2-7,9,18H,8,10-11,21H2,1H3. The molecule has 6 heteroatoms. The van der Waals surface area contributed by atoms with E-state index in [1.54, 1.807) is 23.1 Å². The van der Waals surface area contributed by atoms with Gasteiger partial charge in [0.1, 0.15) is 5.75 Å². The van der Waals surface area contributed by atoms with E-state index in [0.717, 1.165) is 16.7 Å². The zero-order chi connectivity index (χ0) is 18.0. The maximum Gasteiger partial charge on any atom is 0.308 e. The van der Waals surface area contributed by atoms with Crippen molar-refractivity contribution >= 4 is 23.5 Å². The summed E-state index contributed by atoms with van der Waals surface area (Å²) >= 11 is 6.22. The fourth-order valence-corrected chi connectivity index (χ4v) is 3.22. The second-order valence-electron chi connectivity index (χ2n) is 6.12. The summed E-state index contributed by atoms with van der Waals surface area (Å²) < 4.78 is 4.99. The maximum atomic E-state index is 12.6. The lowest BCUT2D eigenvalue weighted by Crippen LogP contribution is -2.42. The molecule has 0 aliphatic carbocycles. The number of hydrogen-bond donors (Lipinski definition) is 1. The Morgan fingerprint density at radius 2 is 1.84 bits per heavy atom. The average molecular weight is 359 g/mol. The van der Waals surface area contributed by atoms with Crippen LogP contribution >= 0.6 is 11.6 Å². The molecule has 130 valence electrons. The SMILES string of the molecule is CC(=O)Oc1ccc(CC(N)C(=O)N2Cc3ccccc3C2)c(Cl)c1. The van der Waals surface area contributed by atoms with Gasteiger partial charge in [-0.25, -0.2) is 0 Å². The fourth-order valence-electron chi connectivity index (χ4n) is 2.97. The molecule has 0 aromatic heterocycles. The largest absolute Gasteiger partial charge is 0.427 e. The fraction of sp³-hybridized carbons (Fsp3) is 0.263. The van der Waals surface area contributed by atoms with Gasteiger partial charge in [0.15, 0.2) is 0 Å². The van der Waals surface area contributed by atoms with Crippen LogP contribution in [0.4, 0.5) is 0 Å². The number of nitrogens with zero attached hydrogens (tertiary/aromatic N) is 1. The zero-order valence-electron chi connectivity index (χ0n) is 13.9. The first-order valence-electron chi connectivity index (χ1n) is 8.02. The third-order valence-corrected chi connectivity index (χ3v) is 4.55.